The van der Waals surface area contributed by atoms with Gasteiger partial charge in [0, 0.05) is 12.5 Å². The lowest BCUT2D eigenvalue weighted by atomic mass is 9.87. The first-order valence-electron chi connectivity index (χ1n) is 10.1. The van der Waals surface area contributed by atoms with Gasteiger partial charge in [0.1, 0.15) is 0 Å². The van der Waals surface area contributed by atoms with E-state index in [-0.39, 0.29) is 32.1 Å². The van der Waals surface area contributed by atoms with Gasteiger partial charge in [-0.1, -0.05) is 19.9 Å². The number of likely N-dealkylation sites (tertiary alicyclic amines) is 1. The van der Waals surface area contributed by atoms with Gasteiger partial charge in [0.15, 0.2) is 6.04 Å². The lowest BCUT2D eigenvalue weighted by Crippen LogP contribution is -2.75. The minimum atomic E-state index is -7.96. The fraction of sp³-hybridized carbons (Fsp3) is 0.842. The molecule has 1 heterocycles. The molecular formula is C19H23F13NO+. The topological polar surface area (TPSA) is 17.1 Å². The second-order valence-corrected chi connectivity index (χ2v) is 8.16. The van der Waals surface area contributed by atoms with Crippen molar-refractivity contribution in [3.8, 4) is 0 Å². The molecule has 0 bridgehead atoms. The van der Waals surface area contributed by atoms with Crippen molar-refractivity contribution in [1.29, 1.82) is 0 Å². The molecule has 1 aliphatic rings. The highest BCUT2D eigenvalue weighted by molar-refractivity contribution is 5.81. The number of alkyl halides is 13. The molecule has 2 nitrogen and oxygen atoms in total. The summed E-state index contributed by atoms with van der Waals surface area (Å²) in [7, 11) is 0. The molecule has 0 radical (unpaired) electrons. The summed E-state index contributed by atoms with van der Waals surface area (Å²) in [5, 5.41) is 0. The van der Waals surface area contributed by atoms with Crippen LogP contribution in [0, 0.1) is 0 Å². The highest BCUT2D eigenvalue weighted by Crippen LogP contribution is 2.61. The Bertz CT molecular complexity index is 747. The van der Waals surface area contributed by atoms with Gasteiger partial charge in [0.25, 0.3) is 0 Å². The summed E-state index contributed by atoms with van der Waals surface area (Å²) in [6.45, 7) is 3.32. The molecule has 0 aliphatic carbocycles. The summed E-state index contributed by atoms with van der Waals surface area (Å²) in [6.07, 6.45) is -8.34. The predicted octanol–water partition coefficient (Wildman–Crippen LogP) is 7.00. The molecule has 1 aliphatic heterocycles. The average molecular weight is 528 g/mol. The van der Waals surface area contributed by atoms with Crippen molar-refractivity contribution in [2.75, 3.05) is 13.1 Å². The zero-order valence-electron chi connectivity index (χ0n) is 17.8. The van der Waals surface area contributed by atoms with E-state index in [1.165, 1.54) is 6.92 Å². The van der Waals surface area contributed by atoms with Crippen LogP contribution in [0.2, 0.25) is 0 Å². The van der Waals surface area contributed by atoms with Gasteiger partial charge in [0.05, 0.1) is 13.1 Å². The van der Waals surface area contributed by atoms with Crippen molar-refractivity contribution in [2.24, 2.45) is 0 Å². The van der Waals surface area contributed by atoms with Crippen LogP contribution in [0.25, 0.3) is 0 Å². The molecule has 1 amide bonds. The number of carbonyl (C=O) groups is 1. The predicted molar refractivity (Wildman–Crippen MR) is 93.2 cm³/mol. The van der Waals surface area contributed by atoms with E-state index >= 15 is 8.78 Å². The molecular weight excluding hydrogens is 505 g/mol. The third kappa shape index (κ3) is 4.41. The number of halogens is 13. The maximum atomic E-state index is 15.1. The second kappa shape index (κ2) is 9.49. The Morgan fingerprint density at radius 3 is 1.76 bits per heavy atom. The highest BCUT2D eigenvalue weighted by atomic mass is 19.4. The molecule has 0 aromatic heterocycles. The number of carbonyl (C=O) groups excluding carboxylic acids is 1. The first-order chi connectivity index (χ1) is 15.1. The third-order valence-corrected chi connectivity index (χ3v) is 6.03. The average Bonchev–Trinajstić information content (AvgIpc) is 2.93. The number of rotatable bonds is 9. The lowest BCUT2D eigenvalue weighted by Gasteiger charge is -2.47. The quantitative estimate of drug-likeness (QED) is 0.179. The molecule has 2 atom stereocenters. The van der Waals surface area contributed by atoms with Gasteiger partial charge in [-0.25, -0.2) is 9.28 Å². The largest absolute Gasteiger partial charge is 0.460 e. The summed E-state index contributed by atoms with van der Waals surface area (Å²) in [5.74, 6) is -38.7. The van der Waals surface area contributed by atoms with Crippen molar-refractivity contribution < 1.29 is 66.4 Å². The summed E-state index contributed by atoms with van der Waals surface area (Å²) in [4.78, 5) is 12.5. The minimum absolute atomic E-state index is 0.0415. The molecule has 200 valence electrons. The van der Waals surface area contributed by atoms with E-state index in [4.69, 9.17) is 0 Å². The smallest absolute Gasteiger partial charge is 0.249 e. The van der Waals surface area contributed by atoms with E-state index < -0.39 is 71.7 Å². The maximum absolute atomic E-state index is 15.1. The molecule has 1 saturated heterocycles. The van der Waals surface area contributed by atoms with Crippen LogP contribution in [-0.2, 0) is 4.79 Å². The van der Waals surface area contributed by atoms with Crippen LogP contribution in [0.1, 0.15) is 45.4 Å². The Hall–Kier alpha value is -1.54. The molecule has 1 rings (SSSR count). The summed E-state index contributed by atoms with van der Waals surface area (Å²) < 4.78 is 176. The summed E-state index contributed by atoms with van der Waals surface area (Å²) in [6, 6.07) is -3.12. The monoisotopic (exact) mass is 528 g/mol. The van der Waals surface area contributed by atoms with Gasteiger partial charge in [-0.05, 0) is 25.7 Å². The first-order valence-corrected chi connectivity index (χ1v) is 10.1. The SMILES string of the molecule is C=CC(=O)[N+]1(CCCC)CCCCCC1C(F)(F)C(F)(F)C(F)(F)C(F)(F)C(F)(F)C(F)(F)F. The first kappa shape index (κ1) is 30.5. The number of quaternary nitrogens is 1. The Kier molecular flexibility index (Phi) is 8.51. The summed E-state index contributed by atoms with van der Waals surface area (Å²) in [5.41, 5.74) is 0. The van der Waals surface area contributed by atoms with Crippen LogP contribution in [0.3, 0.4) is 0 Å². The van der Waals surface area contributed by atoms with Crippen molar-refractivity contribution >= 4 is 5.91 Å². The van der Waals surface area contributed by atoms with Crippen LogP contribution in [0.15, 0.2) is 12.7 Å². The van der Waals surface area contributed by atoms with E-state index in [2.05, 4.69) is 6.58 Å². The van der Waals surface area contributed by atoms with Crippen molar-refractivity contribution in [2.45, 2.75) is 87.3 Å². The zero-order chi connectivity index (χ0) is 27.0. The van der Waals surface area contributed by atoms with E-state index in [9.17, 15) is 53.1 Å². The fourth-order valence-electron chi connectivity index (χ4n) is 4.06. The zero-order valence-corrected chi connectivity index (χ0v) is 17.8. The van der Waals surface area contributed by atoms with Crippen LogP contribution < -0.4 is 0 Å². The second-order valence-electron chi connectivity index (χ2n) is 8.16. The Morgan fingerprint density at radius 1 is 0.824 bits per heavy atom. The standard InChI is InChI=1S/C19H23F13NO/c1-3-5-10-33(13(34)4-2)11-8-6-7-9-12(33)14(20,21)15(22,23)16(24,25)17(26,27)18(28,29)19(30,31)32/h4,12H,2-3,5-11H2,1H3/q+1. The minimum Gasteiger partial charge on any atom is -0.249 e. The lowest BCUT2D eigenvalue weighted by molar-refractivity contribution is -0.889. The van der Waals surface area contributed by atoms with Crippen LogP contribution in [0.4, 0.5) is 57.1 Å². The molecule has 0 aromatic carbocycles. The number of hydrogen-bond acceptors (Lipinski definition) is 1. The molecule has 1 fully saturated rings. The van der Waals surface area contributed by atoms with E-state index in [1.54, 1.807) is 0 Å². The van der Waals surface area contributed by atoms with Crippen molar-refractivity contribution in [3.63, 3.8) is 0 Å². The normalized spacial score (nSPS) is 24.0. The molecule has 2 unspecified atom stereocenters. The van der Waals surface area contributed by atoms with Crippen molar-refractivity contribution in [3.05, 3.63) is 12.7 Å². The van der Waals surface area contributed by atoms with Gasteiger partial charge in [-0.2, -0.15) is 57.1 Å². The third-order valence-electron chi connectivity index (χ3n) is 6.03. The Balaban J connectivity index is 3.77. The van der Waals surface area contributed by atoms with Crippen LogP contribution in [-0.4, -0.2) is 65.3 Å². The molecule has 15 heteroatoms. The van der Waals surface area contributed by atoms with E-state index in [1.807, 2.05) is 0 Å². The highest BCUT2D eigenvalue weighted by Gasteiger charge is 2.92. The van der Waals surface area contributed by atoms with E-state index in [0.29, 0.717) is 6.08 Å². The van der Waals surface area contributed by atoms with Gasteiger partial charge in [-0.3, -0.25) is 0 Å². The number of amides is 1. The number of hydrogen-bond donors (Lipinski definition) is 0. The van der Waals surface area contributed by atoms with Gasteiger partial charge >= 0.3 is 41.7 Å². The summed E-state index contributed by atoms with van der Waals surface area (Å²) >= 11 is 0. The molecule has 0 saturated carbocycles. The Labute approximate surface area is 186 Å². The van der Waals surface area contributed by atoms with Crippen molar-refractivity contribution in [1.82, 2.24) is 0 Å². The molecule has 34 heavy (non-hydrogen) atoms. The molecule has 0 N–H and O–H groups in total. The number of unbranched alkanes of at least 4 members (excludes halogenated alkanes) is 1. The van der Waals surface area contributed by atoms with Gasteiger partial charge < -0.3 is 0 Å². The van der Waals surface area contributed by atoms with Crippen LogP contribution in [0.5, 0.6) is 0 Å². The molecule has 0 aromatic rings. The Morgan fingerprint density at radius 2 is 1.32 bits per heavy atom. The van der Waals surface area contributed by atoms with Crippen LogP contribution >= 0.6 is 0 Å². The fourth-order valence-corrected chi connectivity index (χ4v) is 4.06. The number of nitrogens with zero attached hydrogens (tertiary/aromatic N) is 1. The molecule has 0 spiro atoms. The van der Waals surface area contributed by atoms with Gasteiger partial charge in [-0.15, -0.1) is 0 Å². The van der Waals surface area contributed by atoms with Gasteiger partial charge in [0.2, 0.25) is 0 Å². The maximum Gasteiger partial charge on any atom is 0.460 e. The van der Waals surface area contributed by atoms with E-state index in [0.717, 1.165) is 0 Å².